The quantitative estimate of drug-likeness (QED) is 0.870. The average Bonchev–Trinajstić information content (AvgIpc) is 2.67. The maximum Gasteiger partial charge on any atom is 0.255 e. The van der Waals surface area contributed by atoms with Gasteiger partial charge in [-0.25, -0.2) is 8.42 Å². The first kappa shape index (κ1) is 18.1. The first-order valence-electron chi connectivity index (χ1n) is 8.17. The summed E-state index contributed by atoms with van der Waals surface area (Å²) in [7, 11) is -3.53. The Balaban J connectivity index is 1.62. The van der Waals surface area contributed by atoms with Gasteiger partial charge in [-0.1, -0.05) is 30.3 Å². The van der Waals surface area contributed by atoms with E-state index in [1.54, 1.807) is 11.0 Å². The molecule has 0 bridgehead atoms. The molecule has 136 valence electrons. The van der Waals surface area contributed by atoms with E-state index in [9.17, 15) is 18.0 Å². The van der Waals surface area contributed by atoms with Crippen LogP contribution in [0.3, 0.4) is 0 Å². The van der Waals surface area contributed by atoms with E-state index in [0.29, 0.717) is 18.7 Å². The van der Waals surface area contributed by atoms with Crippen molar-refractivity contribution in [2.24, 2.45) is 0 Å². The summed E-state index contributed by atoms with van der Waals surface area (Å²) in [5, 5.41) is 1.20. The summed E-state index contributed by atoms with van der Waals surface area (Å²) < 4.78 is 26.2. The van der Waals surface area contributed by atoms with Crippen molar-refractivity contribution in [1.82, 2.24) is 14.2 Å². The SMILES string of the molecule is O=C(c1ccc(=O)[nH]c1)N1CCN(S(=O)(=O)C=Cc2ccccc2)CC1. The van der Waals surface area contributed by atoms with E-state index < -0.39 is 10.0 Å². The largest absolute Gasteiger partial charge is 0.336 e. The van der Waals surface area contributed by atoms with Crippen molar-refractivity contribution in [3.8, 4) is 0 Å². The number of amides is 1. The number of aromatic amines is 1. The number of H-pyrrole nitrogens is 1. The molecule has 8 heteroatoms. The third-order valence-corrected chi connectivity index (χ3v) is 5.71. The Morgan fingerprint density at radius 2 is 1.69 bits per heavy atom. The van der Waals surface area contributed by atoms with Gasteiger partial charge in [0.25, 0.3) is 5.91 Å². The summed E-state index contributed by atoms with van der Waals surface area (Å²) in [6.45, 7) is 1.07. The molecule has 2 aromatic rings. The molecular formula is C18H19N3O4S. The number of aromatic nitrogens is 1. The lowest BCUT2D eigenvalue weighted by molar-refractivity contribution is 0.0698. The van der Waals surface area contributed by atoms with Gasteiger partial charge in [0.2, 0.25) is 15.6 Å². The predicted molar refractivity (Wildman–Crippen MR) is 98.9 cm³/mol. The van der Waals surface area contributed by atoms with E-state index in [0.717, 1.165) is 5.56 Å². The highest BCUT2D eigenvalue weighted by atomic mass is 32.2. The number of benzene rings is 1. The number of nitrogens with one attached hydrogen (secondary N) is 1. The van der Waals surface area contributed by atoms with E-state index in [-0.39, 0.29) is 24.6 Å². The van der Waals surface area contributed by atoms with Gasteiger partial charge in [0.1, 0.15) is 0 Å². The molecule has 1 N–H and O–H groups in total. The average molecular weight is 373 g/mol. The fourth-order valence-electron chi connectivity index (χ4n) is 2.69. The minimum absolute atomic E-state index is 0.224. The molecule has 1 saturated heterocycles. The normalized spacial score (nSPS) is 16.1. The molecule has 0 unspecified atom stereocenters. The number of sulfonamides is 1. The Hall–Kier alpha value is -2.71. The van der Waals surface area contributed by atoms with Crippen molar-refractivity contribution in [2.45, 2.75) is 0 Å². The van der Waals surface area contributed by atoms with Crippen LogP contribution in [0.5, 0.6) is 0 Å². The predicted octanol–water partition coefficient (Wildman–Crippen LogP) is 1.13. The number of hydrogen-bond donors (Lipinski definition) is 1. The second-order valence-electron chi connectivity index (χ2n) is 5.89. The van der Waals surface area contributed by atoms with E-state index in [1.807, 2.05) is 30.3 Å². The molecule has 26 heavy (non-hydrogen) atoms. The molecule has 1 amide bonds. The standard InChI is InChI=1S/C18H19N3O4S/c22-17-7-6-16(14-19-17)18(23)20-9-11-21(12-10-20)26(24,25)13-8-15-4-2-1-3-5-15/h1-8,13-14H,9-12H2,(H,19,22). The molecule has 1 fully saturated rings. The molecule has 0 spiro atoms. The van der Waals surface area contributed by atoms with Gasteiger partial charge in [-0.15, -0.1) is 0 Å². The second kappa shape index (κ2) is 7.67. The molecule has 3 rings (SSSR count). The molecule has 1 aliphatic heterocycles. The van der Waals surface area contributed by atoms with Crippen LogP contribution in [-0.2, 0) is 10.0 Å². The van der Waals surface area contributed by atoms with E-state index in [4.69, 9.17) is 0 Å². The summed E-state index contributed by atoms with van der Waals surface area (Å²) in [5.41, 5.74) is 0.913. The van der Waals surface area contributed by atoms with Crippen LogP contribution >= 0.6 is 0 Å². The van der Waals surface area contributed by atoms with E-state index in [1.165, 1.54) is 28.0 Å². The lowest BCUT2D eigenvalue weighted by Gasteiger charge is -2.33. The van der Waals surface area contributed by atoms with Gasteiger partial charge < -0.3 is 9.88 Å². The third-order valence-electron chi connectivity index (χ3n) is 4.15. The Morgan fingerprint density at radius 1 is 1.00 bits per heavy atom. The van der Waals surface area contributed by atoms with Gasteiger partial charge in [0.15, 0.2) is 0 Å². The van der Waals surface area contributed by atoms with Crippen LogP contribution in [0.4, 0.5) is 0 Å². The van der Waals surface area contributed by atoms with Crippen LogP contribution in [0.25, 0.3) is 6.08 Å². The molecule has 7 nitrogen and oxygen atoms in total. The minimum Gasteiger partial charge on any atom is -0.336 e. The van der Waals surface area contributed by atoms with Crippen molar-refractivity contribution >= 4 is 22.0 Å². The smallest absolute Gasteiger partial charge is 0.255 e. The monoisotopic (exact) mass is 373 g/mol. The highest BCUT2D eigenvalue weighted by Gasteiger charge is 2.27. The van der Waals surface area contributed by atoms with Crippen LogP contribution in [-0.4, -0.2) is 54.7 Å². The van der Waals surface area contributed by atoms with Crippen LogP contribution in [0.15, 0.2) is 58.9 Å². The zero-order chi connectivity index (χ0) is 18.6. The molecule has 1 aliphatic rings. The lowest BCUT2D eigenvalue weighted by Crippen LogP contribution is -2.50. The number of hydrogen-bond acceptors (Lipinski definition) is 4. The van der Waals surface area contributed by atoms with Gasteiger partial charge in [0.05, 0.1) is 5.56 Å². The number of nitrogens with zero attached hydrogens (tertiary/aromatic N) is 2. The summed E-state index contributed by atoms with van der Waals surface area (Å²) in [6.07, 6.45) is 2.93. The molecular weight excluding hydrogens is 354 g/mol. The fraction of sp³-hybridized carbons (Fsp3) is 0.222. The zero-order valence-electron chi connectivity index (χ0n) is 14.0. The van der Waals surface area contributed by atoms with Crippen LogP contribution < -0.4 is 5.56 Å². The Kier molecular flexibility index (Phi) is 5.34. The van der Waals surface area contributed by atoms with Crippen molar-refractivity contribution < 1.29 is 13.2 Å². The topological polar surface area (TPSA) is 90.6 Å². The number of rotatable bonds is 4. The molecule has 0 radical (unpaired) electrons. The van der Waals surface area contributed by atoms with Crippen molar-refractivity contribution in [2.75, 3.05) is 26.2 Å². The number of carbonyl (C=O) groups is 1. The van der Waals surface area contributed by atoms with Gasteiger partial charge in [-0.2, -0.15) is 4.31 Å². The maximum absolute atomic E-state index is 12.4. The van der Waals surface area contributed by atoms with E-state index in [2.05, 4.69) is 4.98 Å². The van der Waals surface area contributed by atoms with Gasteiger partial charge in [-0.05, 0) is 17.7 Å². The molecule has 1 aromatic carbocycles. The first-order chi connectivity index (χ1) is 12.5. The Morgan fingerprint density at radius 3 is 2.31 bits per heavy atom. The third kappa shape index (κ3) is 4.27. The van der Waals surface area contributed by atoms with Crippen LogP contribution in [0, 0.1) is 0 Å². The fourth-order valence-corrected chi connectivity index (χ4v) is 3.86. The van der Waals surface area contributed by atoms with Crippen LogP contribution in [0.1, 0.15) is 15.9 Å². The Bertz CT molecular complexity index is 939. The first-order valence-corrected chi connectivity index (χ1v) is 9.67. The second-order valence-corrected chi connectivity index (χ2v) is 7.71. The number of piperazine rings is 1. The van der Waals surface area contributed by atoms with Crippen molar-refractivity contribution in [3.63, 3.8) is 0 Å². The highest BCUT2D eigenvalue weighted by Crippen LogP contribution is 2.13. The Labute approximate surface area is 151 Å². The summed E-state index contributed by atoms with van der Waals surface area (Å²) in [5.74, 6) is -0.224. The van der Waals surface area contributed by atoms with Crippen LogP contribution in [0.2, 0.25) is 0 Å². The lowest BCUT2D eigenvalue weighted by atomic mass is 10.2. The van der Waals surface area contributed by atoms with E-state index >= 15 is 0 Å². The molecule has 0 atom stereocenters. The number of carbonyl (C=O) groups excluding carboxylic acids is 1. The highest BCUT2D eigenvalue weighted by molar-refractivity contribution is 7.92. The van der Waals surface area contributed by atoms with Gasteiger partial charge >= 0.3 is 0 Å². The van der Waals surface area contributed by atoms with Gasteiger partial charge in [-0.3, -0.25) is 9.59 Å². The number of pyridine rings is 1. The summed E-state index contributed by atoms with van der Waals surface area (Å²) in [6, 6.07) is 12.0. The molecule has 0 aliphatic carbocycles. The maximum atomic E-state index is 12.4. The van der Waals surface area contributed by atoms with Crippen molar-refractivity contribution in [1.29, 1.82) is 0 Å². The molecule has 0 saturated carbocycles. The van der Waals surface area contributed by atoms with Crippen molar-refractivity contribution in [3.05, 3.63) is 75.6 Å². The molecule has 1 aromatic heterocycles. The summed E-state index contributed by atoms with van der Waals surface area (Å²) >= 11 is 0. The summed E-state index contributed by atoms with van der Waals surface area (Å²) in [4.78, 5) is 27.5. The minimum atomic E-state index is -3.53. The molecule has 2 heterocycles. The van der Waals surface area contributed by atoms with Gasteiger partial charge in [0, 0.05) is 43.9 Å². The zero-order valence-corrected chi connectivity index (χ0v) is 14.9.